The zero-order valence-corrected chi connectivity index (χ0v) is 15.3. The number of hydrogen-bond acceptors (Lipinski definition) is 4. The van der Waals surface area contributed by atoms with Crippen molar-refractivity contribution < 1.29 is 17.6 Å². The van der Waals surface area contributed by atoms with Gasteiger partial charge in [0.05, 0.1) is 5.56 Å². The number of amides is 1. The summed E-state index contributed by atoms with van der Waals surface area (Å²) in [6.45, 7) is 3.62. The molecule has 1 aliphatic heterocycles. The maximum Gasteiger partial charge on any atom is 0.272 e. The van der Waals surface area contributed by atoms with E-state index in [4.69, 9.17) is 5.26 Å². The number of hydrogen-bond donors (Lipinski definition) is 2. The van der Waals surface area contributed by atoms with Crippen molar-refractivity contribution in [3.63, 3.8) is 0 Å². The molecule has 1 aromatic carbocycles. The molecular weight excluding hydrogens is 371 g/mol. The topological polar surface area (TPSA) is 104 Å². The van der Waals surface area contributed by atoms with Crippen LogP contribution in [-0.4, -0.2) is 24.9 Å². The Labute approximate surface area is 156 Å². The second kappa shape index (κ2) is 6.98. The molecule has 0 spiro atoms. The lowest BCUT2D eigenvalue weighted by Gasteiger charge is -2.11. The number of nitriles is 1. The molecule has 1 aliphatic rings. The van der Waals surface area contributed by atoms with Gasteiger partial charge in [0.25, 0.3) is 5.91 Å². The lowest BCUT2D eigenvalue weighted by atomic mass is 10.1. The predicted molar refractivity (Wildman–Crippen MR) is 97.1 cm³/mol. The van der Waals surface area contributed by atoms with Crippen LogP contribution in [0, 0.1) is 17.1 Å². The summed E-state index contributed by atoms with van der Waals surface area (Å²) in [7, 11) is -2.20. The van der Waals surface area contributed by atoms with E-state index in [0.29, 0.717) is 18.4 Å². The van der Waals surface area contributed by atoms with E-state index in [1.165, 1.54) is 29.0 Å². The Morgan fingerprint density at radius 3 is 2.93 bits per heavy atom. The summed E-state index contributed by atoms with van der Waals surface area (Å²) in [5.41, 5.74) is 0.656. The summed E-state index contributed by atoms with van der Waals surface area (Å²) in [5.74, 6) is -1.22. The fraction of sp³-hybridized carbons (Fsp3) is 0.222. The van der Waals surface area contributed by atoms with Crippen molar-refractivity contribution in [1.82, 2.24) is 9.29 Å². The third-order valence-electron chi connectivity index (χ3n) is 4.39. The van der Waals surface area contributed by atoms with E-state index < -0.39 is 27.8 Å². The molecule has 1 atom stereocenters. The van der Waals surface area contributed by atoms with E-state index in [0.717, 1.165) is 6.07 Å². The Balaban J connectivity index is 1.99. The predicted octanol–water partition coefficient (Wildman–Crippen LogP) is 2.07. The van der Waals surface area contributed by atoms with E-state index >= 15 is 0 Å². The highest BCUT2D eigenvalue weighted by atomic mass is 32.2. The van der Waals surface area contributed by atoms with Crippen LogP contribution >= 0.6 is 0 Å². The monoisotopic (exact) mass is 388 g/mol. The van der Waals surface area contributed by atoms with Crippen LogP contribution in [0.15, 0.2) is 41.9 Å². The van der Waals surface area contributed by atoms with E-state index in [2.05, 4.69) is 16.6 Å². The minimum absolute atomic E-state index is 0.0521. The van der Waals surface area contributed by atoms with Crippen LogP contribution in [-0.2, 0) is 23.5 Å². The molecule has 7 nitrogen and oxygen atoms in total. The lowest BCUT2D eigenvalue weighted by Crippen LogP contribution is -2.31. The summed E-state index contributed by atoms with van der Waals surface area (Å²) < 4.78 is 42.5. The molecule has 1 amide bonds. The Kier molecular flexibility index (Phi) is 4.87. The van der Waals surface area contributed by atoms with E-state index in [-0.39, 0.29) is 21.8 Å². The molecule has 0 fully saturated rings. The van der Waals surface area contributed by atoms with Gasteiger partial charge in [-0.2, -0.15) is 5.26 Å². The maximum absolute atomic E-state index is 13.4. The molecular formula is C18H17FN4O3S. The van der Waals surface area contributed by atoms with Gasteiger partial charge in [-0.1, -0.05) is 6.08 Å². The van der Waals surface area contributed by atoms with Gasteiger partial charge in [-0.05, 0) is 31.0 Å². The highest BCUT2D eigenvalue weighted by molar-refractivity contribution is 7.89. The van der Waals surface area contributed by atoms with Gasteiger partial charge in [0.2, 0.25) is 10.0 Å². The van der Waals surface area contributed by atoms with Crippen LogP contribution < -0.4 is 10.0 Å². The molecule has 2 N–H and O–H groups in total. The minimum Gasteiger partial charge on any atom is -0.345 e. The van der Waals surface area contributed by atoms with Crippen molar-refractivity contribution in [3.8, 4) is 6.07 Å². The van der Waals surface area contributed by atoms with Crippen molar-refractivity contribution in [2.75, 3.05) is 5.32 Å². The minimum atomic E-state index is -3.78. The number of sulfonamides is 1. The Bertz CT molecular complexity index is 1080. The van der Waals surface area contributed by atoms with Crippen LogP contribution in [0.25, 0.3) is 0 Å². The first-order valence-corrected chi connectivity index (χ1v) is 9.59. The van der Waals surface area contributed by atoms with Gasteiger partial charge in [0.1, 0.15) is 22.5 Å². The third kappa shape index (κ3) is 3.49. The van der Waals surface area contributed by atoms with Gasteiger partial charge in [-0.25, -0.2) is 17.5 Å². The summed E-state index contributed by atoms with van der Waals surface area (Å²) in [5, 5.41) is 11.5. The standard InChI is InChI=1S/C18H17FN4O3S/c1-3-12-4-6-14-16(27(25,26)22-12)10-23(2)17(14)18(24)21-13-5-7-15(19)11(8-13)9-20/h3,5,7-8,10,12,22H,1,4,6H2,2H3,(H,21,24)/t12-/m1/s1. The molecule has 0 bridgehead atoms. The summed E-state index contributed by atoms with van der Waals surface area (Å²) in [6, 6.07) is 4.93. The molecule has 2 heterocycles. The highest BCUT2D eigenvalue weighted by Gasteiger charge is 2.32. The molecule has 1 aromatic heterocycles. The Morgan fingerprint density at radius 1 is 1.52 bits per heavy atom. The SMILES string of the molecule is C=C[C@@H]1CCc2c(cn(C)c2C(=O)Nc2ccc(F)c(C#N)c2)S(=O)(=O)N1. The molecule has 0 unspecified atom stereocenters. The quantitative estimate of drug-likeness (QED) is 0.786. The van der Waals surface area contributed by atoms with Crippen molar-refractivity contribution in [1.29, 1.82) is 5.26 Å². The average molecular weight is 388 g/mol. The highest BCUT2D eigenvalue weighted by Crippen LogP contribution is 2.28. The Morgan fingerprint density at radius 2 is 2.26 bits per heavy atom. The van der Waals surface area contributed by atoms with E-state index in [1.807, 2.05) is 0 Å². The number of anilines is 1. The van der Waals surface area contributed by atoms with Crippen LogP contribution in [0.4, 0.5) is 10.1 Å². The molecule has 9 heteroatoms. The lowest BCUT2D eigenvalue weighted by molar-refractivity contribution is 0.101. The second-order valence-electron chi connectivity index (χ2n) is 6.19. The molecule has 0 saturated heterocycles. The normalized spacial score (nSPS) is 18.0. The van der Waals surface area contributed by atoms with E-state index in [9.17, 15) is 17.6 Å². The van der Waals surface area contributed by atoms with Crippen molar-refractivity contribution >= 4 is 21.6 Å². The molecule has 27 heavy (non-hydrogen) atoms. The zero-order valence-electron chi connectivity index (χ0n) is 14.5. The number of nitrogens with one attached hydrogen (secondary N) is 2. The number of fused-ring (bicyclic) bond motifs is 1. The van der Waals surface area contributed by atoms with Crippen molar-refractivity contribution in [2.45, 2.75) is 23.8 Å². The summed E-state index contributed by atoms with van der Waals surface area (Å²) in [4.78, 5) is 12.8. The number of halogens is 1. The first kappa shape index (κ1) is 18.8. The van der Waals surface area contributed by atoms with Gasteiger partial charge in [-0.3, -0.25) is 4.79 Å². The number of benzene rings is 1. The number of carbonyl (C=O) groups excluding carboxylic acids is 1. The Hall–Kier alpha value is -2.96. The third-order valence-corrected chi connectivity index (χ3v) is 5.94. The van der Waals surface area contributed by atoms with Crippen LogP contribution in [0.3, 0.4) is 0 Å². The first-order valence-electron chi connectivity index (χ1n) is 8.11. The van der Waals surface area contributed by atoms with Crippen LogP contribution in [0.1, 0.15) is 28.0 Å². The zero-order chi connectivity index (χ0) is 19.8. The molecule has 3 rings (SSSR count). The average Bonchev–Trinajstić information content (AvgIpc) is 2.91. The number of carbonyl (C=O) groups is 1. The number of rotatable bonds is 3. The molecule has 0 saturated carbocycles. The second-order valence-corrected chi connectivity index (χ2v) is 7.88. The molecule has 140 valence electrons. The van der Waals surface area contributed by atoms with Crippen LogP contribution in [0.5, 0.6) is 0 Å². The molecule has 0 radical (unpaired) electrons. The smallest absolute Gasteiger partial charge is 0.272 e. The van der Waals surface area contributed by atoms with Gasteiger partial charge < -0.3 is 9.88 Å². The van der Waals surface area contributed by atoms with Crippen LogP contribution in [0.2, 0.25) is 0 Å². The maximum atomic E-state index is 13.4. The number of aryl methyl sites for hydroxylation is 1. The summed E-state index contributed by atoms with van der Waals surface area (Å²) in [6.07, 6.45) is 3.75. The molecule has 0 aliphatic carbocycles. The van der Waals surface area contributed by atoms with E-state index in [1.54, 1.807) is 13.1 Å². The number of aromatic nitrogens is 1. The first-order chi connectivity index (χ1) is 12.8. The molecule has 2 aromatic rings. The van der Waals surface area contributed by atoms with Crippen molar-refractivity contribution in [3.05, 3.63) is 59.7 Å². The van der Waals surface area contributed by atoms with Gasteiger partial charge >= 0.3 is 0 Å². The van der Waals surface area contributed by atoms with Gasteiger partial charge in [0, 0.05) is 30.5 Å². The van der Waals surface area contributed by atoms with Gasteiger partial charge in [0.15, 0.2) is 0 Å². The van der Waals surface area contributed by atoms with Crippen molar-refractivity contribution in [2.24, 2.45) is 7.05 Å². The number of nitrogens with zero attached hydrogens (tertiary/aromatic N) is 2. The summed E-state index contributed by atoms with van der Waals surface area (Å²) >= 11 is 0. The fourth-order valence-electron chi connectivity index (χ4n) is 3.08. The largest absolute Gasteiger partial charge is 0.345 e. The van der Waals surface area contributed by atoms with Gasteiger partial charge in [-0.15, -0.1) is 6.58 Å². The fourth-order valence-corrected chi connectivity index (χ4v) is 4.64.